The van der Waals surface area contributed by atoms with Crippen molar-refractivity contribution in [2.24, 2.45) is 23.5 Å². The van der Waals surface area contributed by atoms with E-state index < -0.39 is 0 Å². The van der Waals surface area contributed by atoms with Crippen molar-refractivity contribution in [3.8, 4) is 0 Å². The Balaban J connectivity index is 2.05. The van der Waals surface area contributed by atoms with E-state index >= 15 is 0 Å². The van der Waals surface area contributed by atoms with Crippen molar-refractivity contribution in [3.05, 3.63) is 0 Å². The van der Waals surface area contributed by atoms with E-state index in [1.54, 1.807) is 0 Å². The number of hydrogen-bond donors (Lipinski definition) is 1. The summed E-state index contributed by atoms with van der Waals surface area (Å²) >= 11 is 0. The van der Waals surface area contributed by atoms with E-state index in [4.69, 9.17) is 5.73 Å². The quantitative estimate of drug-likeness (QED) is 0.675. The molecule has 1 aliphatic heterocycles. The Labute approximate surface area is 85.6 Å². The zero-order valence-corrected chi connectivity index (χ0v) is 9.45. The minimum Gasteiger partial charge on any atom is -0.369 e. The number of likely N-dealkylation sites (tertiary alicyclic amines) is 1. The van der Waals surface area contributed by atoms with Gasteiger partial charge in [-0.2, -0.15) is 0 Å². The van der Waals surface area contributed by atoms with Crippen molar-refractivity contribution < 1.29 is 4.79 Å². The molecule has 1 amide bonds. The molecule has 0 aromatic rings. The Kier molecular flexibility index (Phi) is 1.94. The number of primary amides is 1. The molecule has 0 aromatic heterocycles. The number of hydrogen-bond acceptors (Lipinski definition) is 2. The van der Waals surface area contributed by atoms with Crippen molar-refractivity contribution in [1.29, 1.82) is 0 Å². The third kappa shape index (κ3) is 1.26. The molecule has 3 heteroatoms. The predicted octanol–water partition coefficient (Wildman–Crippen LogP) is 0.837. The van der Waals surface area contributed by atoms with E-state index in [1.165, 1.54) is 0 Å². The number of nitrogens with two attached hydrogens (primary N) is 1. The van der Waals surface area contributed by atoms with Gasteiger partial charge in [-0.25, -0.2) is 0 Å². The van der Waals surface area contributed by atoms with Gasteiger partial charge < -0.3 is 5.73 Å². The third-order valence-electron chi connectivity index (χ3n) is 3.88. The van der Waals surface area contributed by atoms with E-state index in [1.807, 2.05) is 0 Å². The van der Waals surface area contributed by atoms with Crippen LogP contribution in [0.3, 0.4) is 0 Å². The Morgan fingerprint density at radius 1 is 1.43 bits per heavy atom. The molecule has 1 saturated heterocycles. The molecule has 2 fully saturated rings. The number of carbonyl (C=O) groups excluding carboxylic acids is 1. The highest BCUT2D eigenvalue weighted by Gasteiger charge is 2.63. The fourth-order valence-electron chi connectivity index (χ4n) is 3.18. The summed E-state index contributed by atoms with van der Waals surface area (Å²) in [6, 6.07) is 0.512. The molecule has 14 heavy (non-hydrogen) atoms. The van der Waals surface area contributed by atoms with Gasteiger partial charge >= 0.3 is 0 Å². The average Bonchev–Trinajstić information content (AvgIpc) is 2.62. The number of nitrogens with zero attached hydrogens (tertiary/aromatic N) is 1. The van der Waals surface area contributed by atoms with Crippen molar-refractivity contribution in [2.75, 3.05) is 6.54 Å². The van der Waals surface area contributed by atoms with Crippen LogP contribution >= 0.6 is 0 Å². The summed E-state index contributed by atoms with van der Waals surface area (Å²) in [6.07, 6.45) is 0. The van der Waals surface area contributed by atoms with Crippen LogP contribution in [0.25, 0.3) is 0 Å². The summed E-state index contributed by atoms with van der Waals surface area (Å²) < 4.78 is 0. The van der Waals surface area contributed by atoms with Crippen LogP contribution in [0.5, 0.6) is 0 Å². The largest absolute Gasteiger partial charge is 0.369 e. The van der Waals surface area contributed by atoms with Gasteiger partial charge in [0.2, 0.25) is 5.91 Å². The zero-order valence-electron chi connectivity index (χ0n) is 9.45. The lowest BCUT2D eigenvalue weighted by Gasteiger charge is -2.38. The fraction of sp³-hybridized carbons (Fsp3) is 0.909. The molecule has 0 bridgehead atoms. The molecule has 1 saturated carbocycles. The number of amides is 1. The first kappa shape index (κ1) is 9.97. The normalized spacial score (nSPS) is 42.3. The van der Waals surface area contributed by atoms with Crippen LogP contribution in [0.4, 0.5) is 0 Å². The van der Waals surface area contributed by atoms with Crippen molar-refractivity contribution in [3.63, 3.8) is 0 Å². The first-order valence-corrected chi connectivity index (χ1v) is 5.40. The lowest BCUT2D eigenvalue weighted by molar-refractivity contribution is -0.120. The average molecular weight is 196 g/mol. The van der Waals surface area contributed by atoms with Gasteiger partial charge in [0.1, 0.15) is 0 Å². The summed E-state index contributed by atoms with van der Waals surface area (Å²) in [5, 5.41) is 0. The molecule has 1 heterocycles. The number of rotatable bonds is 1. The second-order valence-electron chi connectivity index (χ2n) is 5.73. The zero-order chi connectivity index (χ0) is 10.7. The Morgan fingerprint density at radius 3 is 2.29 bits per heavy atom. The van der Waals surface area contributed by atoms with Gasteiger partial charge in [-0.05, 0) is 39.5 Å². The van der Waals surface area contributed by atoms with Gasteiger partial charge in [0.05, 0.1) is 0 Å². The molecule has 2 N–H and O–H groups in total. The van der Waals surface area contributed by atoms with E-state index in [0.717, 1.165) is 6.54 Å². The number of fused-ring (bicyclic) bond motifs is 1. The van der Waals surface area contributed by atoms with Crippen molar-refractivity contribution in [2.45, 2.75) is 39.3 Å². The van der Waals surface area contributed by atoms with Gasteiger partial charge in [-0.15, -0.1) is 0 Å². The Hall–Kier alpha value is -0.570. The molecule has 0 unspecified atom stereocenters. The second kappa shape index (κ2) is 2.72. The highest BCUT2D eigenvalue weighted by Crippen LogP contribution is 2.56. The number of piperidine rings is 1. The van der Waals surface area contributed by atoms with Gasteiger partial charge in [0.15, 0.2) is 0 Å². The van der Waals surface area contributed by atoms with Crippen LogP contribution < -0.4 is 5.73 Å². The monoisotopic (exact) mass is 196 g/mol. The smallest absolute Gasteiger partial charge is 0.221 e. The van der Waals surface area contributed by atoms with Crippen LogP contribution in [0.15, 0.2) is 0 Å². The molecule has 2 rings (SSSR count). The maximum atomic E-state index is 11.1. The van der Waals surface area contributed by atoms with Crippen LogP contribution in [0.2, 0.25) is 0 Å². The molecule has 80 valence electrons. The molecular weight excluding hydrogens is 176 g/mol. The summed E-state index contributed by atoms with van der Waals surface area (Å²) in [6.45, 7) is 9.95. The fourth-order valence-corrected chi connectivity index (χ4v) is 3.18. The summed E-state index contributed by atoms with van der Waals surface area (Å²) in [5.41, 5.74) is 5.56. The maximum Gasteiger partial charge on any atom is 0.221 e. The lowest BCUT2D eigenvalue weighted by atomic mass is 10.0. The molecule has 0 aromatic carbocycles. The predicted molar refractivity (Wildman–Crippen MR) is 55.6 cm³/mol. The standard InChI is InChI=1S/C11H20N2O/c1-6-8-7(9(8)10(12)14)5-13(6)11(2,3)4/h6-9H,5H2,1-4H3,(H2,12,14)/t6-,7-,8+,9+/m1/s1. The van der Waals surface area contributed by atoms with Crippen LogP contribution in [0, 0.1) is 17.8 Å². The first-order valence-electron chi connectivity index (χ1n) is 5.40. The van der Waals surface area contributed by atoms with Crippen molar-refractivity contribution >= 4 is 5.91 Å². The summed E-state index contributed by atoms with van der Waals surface area (Å²) in [5.74, 6) is 1.15. The second-order valence-corrected chi connectivity index (χ2v) is 5.73. The first-order chi connectivity index (χ1) is 6.34. The van der Waals surface area contributed by atoms with Gasteiger partial charge in [0, 0.05) is 24.0 Å². The Bertz CT molecular complexity index is 269. The van der Waals surface area contributed by atoms with Gasteiger partial charge in [-0.3, -0.25) is 9.69 Å². The lowest BCUT2D eigenvalue weighted by Crippen LogP contribution is -2.46. The third-order valence-corrected chi connectivity index (χ3v) is 3.88. The van der Waals surface area contributed by atoms with Crippen LogP contribution in [0.1, 0.15) is 27.7 Å². The van der Waals surface area contributed by atoms with E-state index in [0.29, 0.717) is 17.9 Å². The highest BCUT2D eigenvalue weighted by molar-refractivity contribution is 5.81. The SMILES string of the molecule is C[C@@H]1[C@H]2[C@@H](CN1C(C)(C)C)[C@@H]2C(N)=O. The topological polar surface area (TPSA) is 46.3 Å². The summed E-state index contributed by atoms with van der Waals surface area (Å²) in [7, 11) is 0. The molecule has 0 spiro atoms. The van der Waals surface area contributed by atoms with Crippen molar-refractivity contribution in [1.82, 2.24) is 4.90 Å². The van der Waals surface area contributed by atoms with E-state index in [2.05, 4.69) is 32.6 Å². The molecule has 0 radical (unpaired) electrons. The molecule has 4 atom stereocenters. The summed E-state index contributed by atoms with van der Waals surface area (Å²) in [4.78, 5) is 13.6. The van der Waals surface area contributed by atoms with Crippen LogP contribution in [-0.4, -0.2) is 28.9 Å². The Morgan fingerprint density at radius 2 is 2.00 bits per heavy atom. The van der Waals surface area contributed by atoms with Crippen LogP contribution in [-0.2, 0) is 4.79 Å². The molecule has 3 nitrogen and oxygen atoms in total. The molecule has 2 aliphatic rings. The number of carbonyl (C=O) groups is 1. The van der Waals surface area contributed by atoms with Gasteiger partial charge in [-0.1, -0.05) is 0 Å². The van der Waals surface area contributed by atoms with E-state index in [9.17, 15) is 4.79 Å². The molecule has 1 aliphatic carbocycles. The molecular formula is C11H20N2O. The maximum absolute atomic E-state index is 11.1. The minimum atomic E-state index is -0.0968. The highest BCUT2D eigenvalue weighted by atomic mass is 16.1. The van der Waals surface area contributed by atoms with E-state index in [-0.39, 0.29) is 17.4 Å². The minimum absolute atomic E-state index is 0.0968. The van der Waals surface area contributed by atoms with Gasteiger partial charge in [0.25, 0.3) is 0 Å².